The predicted molar refractivity (Wildman–Crippen MR) is 59.3 cm³/mol. The van der Waals surface area contributed by atoms with Gasteiger partial charge in [0.2, 0.25) is 0 Å². The van der Waals surface area contributed by atoms with Crippen molar-refractivity contribution in [2.75, 3.05) is 19.7 Å². The van der Waals surface area contributed by atoms with E-state index in [9.17, 15) is 0 Å². The number of aryl methyl sites for hydroxylation is 1. The number of hydrogen-bond donors (Lipinski definition) is 1. The zero-order valence-corrected chi connectivity index (χ0v) is 9.65. The summed E-state index contributed by atoms with van der Waals surface area (Å²) in [6, 6.07) is 0. The molecule has 0 spiro atoms. The summed E-state index contributed by atoms with van der Waals surface area (Å²) in [5, 5.41) is 11.8. The number of nitrogens with one attached hydrogen (secondary N) is 1. The SMILES string of the molecule is Cc1nnc(C2CNC2)n1CC1CCCO1. The Morgan fingerprint density at radius 2 is 2.31 bits per heavy atom. The van der Waals surface area contributed by atoms with Crippen molar-refractivity contribution >= 4 is 0 Å². The predicted octanol–water partition coefficient (Wildman–Crippen LogP) is 0.452. The molecule has 2 aliphatic heterocycles. The van der Waals surface area contributed by atoms with Gasteiger partial charge in [0.05, 0.1) is 12.6 Å². The summed E-state index contributed by atoms with van der Waals surface area (Å²) in [5.41, 5.74) is 0. The first kappa shape index (κ1) is 10.2. The first-order valence-corrected chi connectivity index (χ1v) is 6.06. The summed E-state index contributed by atoms with van der Waals surface area (Å²) in [7, 11) is 0. The normalized spacial score (nSPS) is 25.9. The lowest BCUT2D eigenvalue weighted by Crippen LogP contribution is -2.41. The van der Waals surface area contributed by atoms with E-state index >= 15 is 0 Å². The van der Waals surface area contributed by atoms with Crippen LogP contribution in [0.2, 0.25) is 0 Å². The van der Waals surface area contributed by atoms with Crippen LogP contribution >= 0.6 is 0 Å². The average molecular weight is 222 g/mol. The van der Waals surface area contributed by atoms with E-state index in [0.717, 1.165) is 37.9 Å². The molecule has 0 aromatic carbocycles. The van der Waals surface area contributed by atoms with Gasteiger partial charge in [0, 0.05) is 25.6 Å². The molecule has 1 aromatic rings. The van der Waals surface area contributed by atoms with Crippen LogP contribution in [0.3, 0.4) is 0 Å². The second-order valence-electron chi connectivity index (χ2n) is 4.71. The molecule has 0 radical (unpaired) electrons. The lowest BCUT2D eigenvalue weighted by molar-refractivity contribution is 0.0951. The van der Waals surface area contributed by atoms with E-state index in [4.69, 9.17) is 4.74 Å². The number of nitrogens with zero attached hydrogens (tertiary/aromatic N) is 3. The van der Waals surface area contributed by atoms with Gasteiger partial charge in [-0.15, -0.1) is 10.2 Å². The van der Waals surface area contributed by atoms with Crippen molar-refractivity contribution in [3.63, 3.8) is 0 Å². The largest absolute Gasteiger partial charge is 0.376 e. The van der Waals surface area contributed by atoms with Crippen LogP contribution < -0.4 is 5.32 Å². The minimum absolute atomic E-state index is 0.362. The van der Waals surface area contributed by atoms with Gasteiger partial charge < -0.3 is 14.6 Å². The molecular formula is C11H18N4O. The van der Waals surface area contributed by atoms with E-state index in [1.165, 1.54) is 12.8 Å². The molecule has 0 bridgehead atoms. The van der Waals surface area contributed by atoms with E-state index < -0.39 is 0 Å². The second-order valence-corrected chi connectivity index (χ2v) is 4.71. The van der Waals surface area contributed by atoms with Crippen LogP contribution in [0.4, 0.5) is 0 Å². The van der Waals surface area contributed by atoms with E-state index in [1.807, 2.05) is 6.92 Å². The highest BCUT2D eigenvalue weighted by Gasteiger charge is 2.27. The van der Waals surface area contributed by atoms with Gasteiger partial charge in [-0.2, -0.15) is 0 Å². The van der Waals surface area contributed by atoms with Crippen LogP contribution in [0.25, 0.3) is 0 Å². The van der Waals surface area contributed by atoms with Crippen LogP contribution in [0, 0.1) is 6.92 Å². The van der Waals surface area contributed by atoms with Crippen molar-refractivity contribution in [1.29, 1.82) is 0 Å². The average Bonchev–Trinajstić information content (AvgIpc) is 2.80. The zero-order chi connectivity index (χ0) is 11.0. The third-order valence-corrected chi connectivity index (χ3v) is 3.52. The fourth-order valence-corrected chi connectivity index (χ4v) is 2.39. The second kappa shape index (κ2) is 4.14. The molecule has 0 aliphatic carbocycles. The molecule has 2 aliphatic rings. The van der Waals surface area contributed by atoms with Gasteiger partial charge in [-0.05, 0) is 19.8 Å². The van der Waals surface area contributed by atoms with E-state index in [-0.39, 0.29) is 0 Å². The zero-order valence-electron chi connectivity index (χ0n) is 9.65. The Balaban J connectivity index is 1.77. The third kappa shape index (κ3) is 1.74. The quantitative estimate of drug-likeness (QED) is 0.807. The van der Waals surface area contributed by atoms with Crippen molar-refractivity contribution in [3.05, 3.63) is 11.6 Å². The Bertz CT molecular complexity index is 366. The highest BCUT2D eigenvalue weighted by molar-refractivity contribution is 5.07. The summed E-state index contributed by atoms with van der Waals surface area (Å²) in [6.45, 7) is 5.92. The molecule has 5 nitrogen and oxygen atoms in total. The number of rotatable bonds is 3. The number of ether oxygens (including phenoxy) is 1. The summed E-state index contributed by atoms with van der Waals surface area (Å²) < 4.78 is 7.91. The fourth-order valence-electron chi connectivity index (χ4n) is 2.39. The van der Waals surface area contributed by atoms with Crippen LogP contribution in [0.5, 0.6) is 0 Å². The Morgan fingerprint density at radius 3 is 2.94 bits per heavy atom. The standard InChI is InChI=1S/C11H18N4O/c1-8-13-14-11(9-5-12-6-9)15(8)7-10-3-2-4-16-10/h9-10,12H,2-7H2,1H3. The molecule has 2 fully saturated rings. The highest BCUT2D eigenvalue weighted by Crippen LogP contribution is 2.21. The van der Waals surface area contributed by atoms with E-state index in [2.05, 4.69) is 20.1 Å². The third-order valence-electron chi connectivity index (χ3n) is 3.52. The van der Waals surface area contributed by atoms with Gasteiger partial charge in [-0.3, -0.25) is 0 Å². The number of hydrogen-bond acceptors (Lipinski definition) is 4. The molecule has 3 heterocycles. The molecule has 2 saturated heterocycles. The molecule has 1 unspecified atom stereocenters. The Labute approximate surface area is 95.2 Å². The van der Waals surface area contributed by atoms with Gasteiger partial charge in [0.15, 0.2) is 0 Å². The molecule has 3 rings (SSSR count). The van der Waals surface area contributed by atoms with Gasteiger partial charge in [0.25, 0.3) is 0 Å². The summed E-state index contributed by atoms with van der Waals surface area (Å²) in [4.78, 5) is 0. The van der Waals surface area contributed by atoms with Crippen LogP contribution in [0.1, 0.15) is 30.4 Å². The monoisotopic (exact) mass is 222 g/mol. The molecular weight excluding hydrogens is 204 g/mol. The van der Waals surface area contributed by atoms with Crippen LogP contribution in [0.15, 0.2) is 0 Å². The highest BCUT2D eigenvalue weighted by atomic mass is 16.5. The molecule has 1 aromatic heterocycles. The van der Waals surface area contributed by atoms with Crippen molar-refractivity contribution in [1.82, 2.24) is 20.1 Å². The molecule has 0 saturated carbocycles. The van der Waals surface area contributed by atoms with Gasteiger partial charge in [-0.25, -0.2) is 0 Å². The van der Waals surface area contributed by atoms with E-state index in [0.29, 0.717) is 12.0 Å². The lowest BCUT2D eigenvalue weighted by Gasteiger charge is -2.27. The topological polar surface area (TPSA) is 52.0 Å². The maximum atomic E-state index is 5.68. The minimum Gasteiger partial charge on any atom is -0.376 e. The smallest absolute Gasteiger partial charge is 0.138 e. The van der Waals surface area contributed by atoms with E-state index in [1.54, 1.807) is 0 Å². The van der Waals surface area contributed by atoms with Crippen molar-refractivity contribution in [2.45, 2.75) is 38.3 Å². The lowest BCUT2D eigenvalue weighted by atomic mass is 10.0. The maximum Gasteiger partial charge on any atom is 0.138 e. The first-order valence-electron chi connectivity index (χ1n) is 6.06. The molecule has 1 atom stereocenters. The molecule has 5 heteroatoms. The summed E-state index contributed by atoms with van der Waals surface area (Å²) >= 11 is 0. The Kier molecular flexibility index (Phi) is 2.65. The molecule has 88 valence electrons. The maximum absolute atomic E-state index is 5.68. The Hall–Kier alpha value is -0.940. The van der Waals surface area contributed by atoms with Crippen molar-refractivity contribution < 1.29 is 4.74 Å². The summed E-state index contributed by atoms with van der Waals surface area (Å²) in [5.74, 6) is 2.69. The van der Waals surface area contributed by atoms with Gasteiger partial charge >= 0.3 is 0 Å². The molecule has 16 heavy (non-hydrogen) atoms. The van der Waals surface area contributed by atoms with Crippen molar-refractivity contribution in [3.8, 4) is 0 Å². The van der Waals surface area contributed by atoms with Crippen LogP contribution in [-0.4, -0.2) is 40.6 Å². The van der Waals surface area contributed by atoms with Crippen molar-refractivity contribution in [2.24, 2.45) is 0 Å². The van der Waals surface area contributed by atoms with Gasteiger partial charge in [-0.1, -0.05) is 0 Å². The van der Waals surface area contributed by atoms with Crippen LogP contribution in [-0.2, 0) is 11.3 Å². The fraction of sp³-hybridized carbons (Fsp3) is 0.818. The minimum atomic E-state index is 0.362. The summed E-state index contributed by atoms with van der Waals surface area (Å²) in [6.07, 6.45) is 2.72. The Morgan fingerprint density at radius 1 is 1.44 bits per heavy atom. The van der Waals surface area contributed by atoms with Gasteiger partial charge in [0.1, 0.15) is 11.6 Å². The molecule has 0 amide bonds. The first-order chi connectivity index (χ1) is 7.84. The number of aromatic nitrogens is 3. The molecule has 1 N–H and O–H groups in total.